The second kappa shape index (κ2) is 5.28. The van der Waals surface area contributed by atoms with Crippen molar-refractivity contribution >= 4 is 8.32 Å². The zero-order valence-corrected chi connectivity index (χ0v) is 11.8. The molecule has 0 N–H and O–H groups in total. The lowest BCUT2D eigenvalue weighted by Gasteiger charge is -2.36. The number of hydrogen-bond acceptors (Lipinski definition) is 2. The van der Waals surface area contributed by atoms with Gasteiger partial charge < -0.3 is 9.16 Å². The summed E-state index contributed by atoms with van der Waals surface area (Å²) in [7, 11) is 0.187. The van der Waals surface area contributed by atoms with E-state index >= 15 is 0 Å². The van der Waals surface area contributed by atoms with E-state index in [4.69, 9.17) is 9.16 Å². The van der Waals surface area contributed by atoms with Crippen molar-refractivity contribution in [3.8, 4) is 0 Å². The third kappa shape index (κ3) is 4.58. The molecule has 0 unspecified atom stereocenters. The van der Waals surface area contributed by atoms with Gasteiger partial charge in [-0.1, -0.05) is 27.7 Å². The molecule has 0 aromatic carbocycles. The first kappa shape index (κ1) is 14.1. The third-order valence-electron chi connectivity index (χ3n) is 2.99. The Balaban J connectivity index is 3.99. The minimum Gasteiger partial charge on any atom is -0.416 e. The Labute approximate surface area is 90.1 Å². The van der Waals surface area contributed by atoms with E-state index in [1.807, 2.05) is 0 Å². The average molecular weight is 218 g/mol. The molecule has 0 spiro atoms. The highest BCUT2D eigenvalue weighted by atomic mass is 28.4. The first-order chi connectivity index (χ1) is 6.20. The Morgan fingerprint density at radius 2 is 1.64 bits per heavy atom. The highest BCUT2D eigenvalue weighted by Crippen LogP contribution is 2.36. The fourth-order valence-electron chi connectivity index (χ4n) is 0.900. The fourth-order valence-corrected chi connectivity index (χ4v) is 2.03. The van der Waals surface area contributed by atoms with Gasteiger partial charge in [-0.15, -0.1) is 0 Å². The molecule has 0 aliphatic heterocycles. The summed E-state index contributed by atoms with van der Waals surface area (Å²) in [5, 5.41) is 0.305. The Bertz CT molecular complexity index is 161. The molecule has 0 heterocycles. The Hall–Kier alpha value is 0.137. The van der Waals surface area contributed by atoms with Crippen molar-refractivity contribution in [3.05, 3.63) is 0 Å². The Kier molecular flexibility index (Phi) is 5.34. The first-order valence-corrected chi connectivity index (χ1v) is 8.24. The van der Waals surface area contributed by atoms with Gasteiger partial charge in [-0.3, -0.25) is 0 Å². The summed E-state index contributed by atoms with van der Waals surface area (Å²) >= 11 is 0. The van der Waals surface area contributed by atoms with Gasteiger partial charge >= 0.3 is 0 Å². The lowest BCUT2D eigenvalue weighted by atomic mass is 10.2. The van der Waals surface area contributed by atoms with Crippen LogP contribution in [-0.2, 0) is 9.16 Å². The minimum atomic E-state index is -1.55. The SMILES string of the molecule is COC[C@@H](C)CO[Si](C)(C)C(C)(C)C. The predicted octanol–water partition coefficient (Wildman–Crippen LogP) is 3.29. The van der Waals surface area contributed by atoms with Crippen molar-refractivity contribution in [1.29, 1.82) is 0 Å². The van der Waals surface area contributed by atoms with Crippen LogP contribution in [0.25, 0.3) is 0 Å². The molecule has 0 saturated heterocycles. The molecule has 1 atom stereocenters. The summed E-state index contributed by atoms with van der Waals surface area (Å²) < 4.78 is 11.2. The van der Waals surface area contributed by atoms with Crippen LogP contribution in [0.2, 0.25) is 18.1 Å². The summed E-state index contributed by atoms with van der Waals surface area (Å²) in [6.45, 7) is 15.1. The van der Waals surface area contributed by atoms with Gasteiger partial charge in [-0.2, -0.15) is 0 Å². The summed E-state index contributed by atoms with van der Waals surface area (Å²) in [6, 6.07) is 0. The molecule has 0 aromatic rings. The molecular formula is C11H26O2Si. The predicted molar refractivity (Wildman–Crippen MR) is 64.2 cm³/mol. The van der Waals surface area contributed by atoms with Crippen molar-refractivity contribution in [2.75, 3.05) is 20.3 Å². The van der Waals surface area contributed by atoms with E-state index in [-0.39, 0.29) is 0 Å². The van der Waals surface area contributed by atoms with Gasteiger partial charge in [0.2, 0.25) is 0 Å². The molecule has 0 bridgehead atoms. The molecule has 0 amide bonds. The van der Waals surface area contributed by atoms with Crippen LogP contribution in [-0.4, -0.2) is 28.6 Å². The molecular weight excluding hydrogens is 192 g/mol. The summed E-state index contributed by atoms with van der Waals surface area (Å²) in [5.41, 5.74) is 0. The Morgan fingerprint density at radius 3 is 2.00 bits per heavy atom. The van der Waals surface area contributed by atoms with Crippen molar-refractivity contribution in [2.45, 2.75) is 45.8 Å². The van der Waals surface area contributed by atoms with E-state index in [2.05, 4.69) is 40.8 Å². The van der Waals surface area contributed by atoms with Gasteiger partial charge in [0.1, 0.15) is 0 Å². The highest BCUT2D eigenvalue weighted by molar-refractivity contribution is 6.74. The molecule has 0 radical (unpaired) electrons. The number of ether oxygens (including phenoxy) is 1. The number of methoxy groups -OCH3 is 1. The average Bonchev–Trinajstić information content (AvgIpc) is 1.99. The van der Waals surface area contributed by atoms with Crippen molar-refractivity contribution in [2.24, 2.45) is 5.92 Å². The monoisotopic (exact) mass is 218 g/mol. The maximum absolute atomic E-state index is 6.07. The van der Waals surface area contributed by atoms with Crippen LogP contribution in [0.4, 0.5) is 0 Å². The van der Waals surface area contributed by atoms with Crippen LogP contribution in [0.15, 0.2) is 0 Å². The van der Waals surface area contributed by atoms with Crippen LogP contribution in [0.1, 0.15) is 27.7 Å². The van der Waals surface area contributed by atoms with Gasteiger partial charge in [0, 0.05) is 19.6 Å². The number of hydrogen-bond donors (Lipinski definition) is 0. The molecule has 0 aliphatic carbocycles. The van der Waals surface area contributed by atoms with Gasteiger partial charge in [0.05, 0.1) is 6.61 Å². The molecule has 0 aliphatic rings. The smallest absolute Gasteiger partial charge is 0.191 e. The highest BCUT2D eigenvalue weighted by Gasteiger charge is 2.37. The Morgan fingerprint density at radius 1 is 1.14 bits per heavy atom. The summed E-state index contributed by atoms with van der Waals surface area (Å²) in [5.74, 6) is 0.495. The van der Waals surface area contributed by atoms with E-state index in [1.54, 1.807) is 7.11 Å². The summed E-state index contributed by atoms with van der Waals surface area (Å²) in [6.07, 6.45) is 0. The van der Waals surface area contributed by atoms with Crippen molar-refractivity contribution in [1.82, 2.24) is 0 Å². The van der Waals surface area contributed by atoms with E-state index in [0.29, 0.717) is 11.0 Å². The van der Waals surface area contributed by atoms with Crippen LogP contribution >= 0.6 is 0 Å². The number of rotatable bonds is 5. The molecule has 2 nitrogen and oxygen atoms in total. The van der Waals surface area contributed by atoms with Gasteiger partial charge in [0.15, 0.2) is 8.32 Å². The van der Waals surface area contributed by atoms with Gasteiger partial charge in [0.25, 0.3) is 0 Å². The molecule has 0 aromatic heterocycles. The fraction of sp³-hybridized carbons (Fsp3) is 1.00. The first-order valence-electron chi connectivity index (χ1n) is 5.33. The summed E-state index contributed by atoms with van der Waals surface area (Å²) in [4.78, 5) is 0. The standard InChI is InChI=1S/C11H26O2Si/c1-10(8-12-5)9-13-14(6,7)11(2,3)4/h10H,8-9H2,1-7H3/t10-/m1/s1. The van der Waals surface area contributed by atoms with E-state index in [9.17, 15) is 0 Å². The maximum atomic E-state index is 6.07. The largest absolute Gasteiger partial charge is 0.416 e. The van der Waals surface area contributed by atoms with Crippen LogP contribution in [0.5, 0.6) is 0 Å². The van der Waals surface area contributed by atoms with Gasteiger partial charge in [-0.05, 0) is 18.1 Å². The van der Waals surface area contributed by atoms with Crippen molar-refractivity contribution in [3.63, 3.8) is 0 Å². The van der Waals surface area contributed by atoms with Crippen LogP contribution in [0.3, 0.4) is 0 Å². The second-order valence-corrected chi connectivity index (χ2v) is 10.4. The molecule has 3 heteroatoms. The van der Waals surface area contributed by atoms with Crippen molar-refractivity contribution < 1.29 is 9.16 Å². The molecule has 14 heavy (non-hydrogen) atoms. The molecule has 0 fully saturated rings. The third-order valence-corrected chi connectivity index (χ3v) is 7.49. The molecule has 0 rings (SSSR count). The lowest BCUT2D eigenvalue weighted by molar-refractivity contribution is 0.122. The van der Waals surface area contributed by atoms with E-state index < -0.39 is 8.32 Å². The zero-order valence-electron chi connectivity index (χ0n) is 10.8. The molecule has 0 saturated carbocycles. The van der Waals surface area contributed by atoms with E-state index in [1.165, 1.54) is 0 Å². The lowest BCUT2D eigenvalue weighted by Crippen LogP contribution is -2.42. The molecule has 86 valence electrons. The quantitative estimate of drug-likeness (QED) is 0.659. The van der Waals surface area contributed by atoms with Gasteiger partial charge in [-0.25, -0.2) is 0 Å². The second-order valence-electron chi connectivity index (χ2n) is 5.63. The topological polar surface area (TPSA) is 18.5 Å². The van der Waals surface area contributed by atoms with Crippen LogP contribution < -0.4 is 0 Å². The van der Waals surface area contributed by atoms with Crippen LogP contribution in [0, 0.1) is 5.92 Å². The zero-order chi connectivity index (χ0) is 11.4. The maximum Gasteiger partial charge on any atom is 0.191 e. The minimum absolute atomic E-state index is 0.305. The van der Waals surface area contributed by atoms with E-state index in [0.717, 1.165) is 13.2 Å². The normalized spacial score (nSPS) is 15.6.